The number of aliphatic hydroxyl groups excluding tert-OH is 23. The molecular weight excluding hydrogens is 1350 g/mol. The summed E-state index contributed by atoms with van der Waals surface area (Å²) in [6.07, 6.45) is -63.9. The second kappa shape index (κ2) is 33.1. The first kappa shape index (κ1) is 80.3. The van der Waals surface area contributed by atoms with Crippen LogP contribution < -0.4 is 0 Å². The van der Waals surface area contributed by atoms with Crippen LogP contribution in [-0.4, -0.2) is 390 Å². The fourth-order valence-electron chi connectivity index (χ4n) is 16.3. The van der Waals surface area contributed by atoms with E-state index in [-0.39, 0.29) is 31.1 Å². The van der Waals surface area contributed by atoms with Crippen LogP contribution in [-0.2, 0) is 71.1 Å². The van der Waals surface area contributed by atoms with Crippen molar-refractivity contribution >= 4 is 5.97 Å². The molecule has 10 aliphatic rings. The minimum atomic E-state index is -2.26. The molecule has 0 aromatic heterocycles. The summed E-state index contributed by atoms with van der Waals surface area (Å²) < 4.78 is 84.6. The lowest BCUT2D eigenvalue weighted by Crippen LogP contribution is -2.68. The van der Waals surface area contributed by atoms with Crippen LogP contribution in [0.15, 0.2) is 12.2 Å². The third kappa shape index (κ3) is 15.6. The van der Waals surface area contributed by atoms with Crippen molar-refractivity contribution in [1.29, 1.82) is 0 Å². The van der Waals surface area contributed by atoms with Crippen LogP contribution in [0, 0.1) is 22.7 Å². The van der Waals surface area contributed by atoms with E-state index in [1.807, 2.05) is 0 Å². The van der Waals surface area contributed by atoms with E-state index >= 15 is 4.79 Å². The second-order valence-electron chi connectivity index (χ2n) is 28.7. The highest BCUT2D eigenvalue weighted by atomic mass is 16.8. The van der Waals surface area contributed by atoms with Gasteiger partial charge in [0.15, 0.2) is 43.8 Å². The molecule has 0 radical (unpaired) electrons. The molecule has 100 heavy (non-hydrogen) atoms. The molecule has 578 valence electrons. The van der Waals surface area contributed by atoms with Crippen molar-refractivity contribution in [1.82, 2.24) is 0 Å². The van der Waals surface area contributed by atoms with E-state index in [4.69, 9.17) is 66.3 Å². The average molecular weight is 1460 g/mol. The first-order chi connectivity index (χ1) is 47.4. The Morgan fingerprint density at radius 1 is 0.390 bits per heavy atom. The highest BCUT2D eigenvalue weighted by molar-refractivity contribution is 5.76. The monoisotopic (exact) mass is 1450 g/mol. The lowest BCUT2D eigenvalue weighted by molar-refractivity contribution is -0.399. The molecular formula is C62H102O38. The first-order valence-electron chi connectivity index (χ1n) is 34.0. The Morgan fingerprint density at radius 2 is 0.720 bits per heavy atom. The molecule has 7 saturated heterocycles. The number of aliphatic hydroxyl groups is 23. The molecule has 0 aromatic carbocycles. The summed E-state index contributed by atoms with van der Waals surface area (Å²) in [5, 5.41) is 249. The summed E-state index contributed by atoms with van der Waals surface area (Å²) in [5.41, 5.74) is -2.86. The SMILES string of the molecule is C=C1C[C@@]23CCC[C@](C)(C(=O)O[C@@H]4O[C@H](CO)[C@@H](O)[C@H](O[C@@H]5O[C@H](CO)[C@@H](O)[C@H](O)[C@H]5O)[C@H]4O[C@@H]4O[C@H](CO)[C@@H](O)[C@H](O[C@@H]5O[C@H](CO)[C@@H](O)[C@H](O)[C@H]5O)[C@H]4O)CCC[C@@H](C)[C@@H]2CC[C@]1(O[C@@H]1O[C@H](CO)[C@@H](O)[C@H](O[C@@H]2O[C@H](CO)[C@@H](O)[C@H](O)[C@H]2O)[C@H]1O[C@@H]1O[C@H](CO)[C@@H](O)[C@H](O)[C@H]1O)C3. The molecule has 0 amide bonds. The summed E-state index contributed by atoms with van der Waals surface area (Å²) in [4.78, 5) is 15.3. The smallest absolute Gasteiger partial charge is 0.314 e. The molecule has 2 bridgehead atoms. The zero-order valence-corrected chi connectivity index (χ0v) is 55.0. The van der Waals surface area contributed by atoms with Crippen molar-refractivity contribution in [3.63, 3.8) is 0 Å². The summed E-state index contributed by atoms with van der Waals surface area (Å²) in [6.45, 7) is 1.65. The van der Waals surface area contributed by atoms with E-state index < -0.39 is 284 Å². The fourth-order valence-corrected chi connectivity index (χ4v) is 16.3. The molecule has 10 rings (SSSR count). The Hall–Kier alpha value is -2.23. The molecule has 10 fully saturated rings. The normalized spacial score (nSPS) is 52.8. The zero-order valence-electron chi connectivity index (χ0n) is 55.0. The molecule has 3 aliphatic carbocycles. The van der Waals surface area contributed by atoms with Crippen molar-refractivity contribution in [2.45, 2.75) is 299 Å². The van der Waals surface area contributed by atoms with Crippen LogP contribution >= 0.6 is 0 Å². The summed E-state index contributed by atoms with van der Waals surface area (Å²) in [7, 11) is 0. The Kier molecular flexibility index (Phi) is 26.6. The Balaban J connectivity index is 0.921. The lowest BCUT2D eigenvalue weighted by Gasteiger charge is -2.52. The average Bonchev–Trinajstić information content (AvgIpc) is 1.55. The highest BCUT2D eigenvalue weighted by Crippen LogP contribution is 2.65. The summed E-state index contributed by atoms with van der Waals surface area (Å²) >= 11 is 0. The molecule has 1 spiro atoms. The van der Waals surface area contributed by atoms with E-state index in [2.05, 4.69) is 13.5 Å². The number of hydrogen-bond donors (Lipinski definition) is 23. The van der Waals surface area contributed by atoms with Crippen molar-refractivity contribution in [2.75, 3.05) is 46.2 Å². The van der Waals surface area contributed by atoms with E-state index in [0.717, 1.165) is 0 Å². The Bertz CT molecular complexity index is 2630. The molecule has 3 saturated carbocycles. The Morgan fingerprint density at radius 3 is 1.13 bits per heavy atom. The van der Waals surface area contributed by atoms with Gasteiger partial charge in [-0.15, -0.1) is 0 Å². The molecule has 38 heteroatoms. The number of ether oxygens (including phenoxy) is 14. The number of carbonyl (C=O) groups excluding carboxylic acids is 1. The van der Waals surface area contributed by atoms with Gasteiger partial charge in [0, 0.05) is 0 Å². The fraction of sp³-hybridized carbons (Fsp3) is 0.952. The van der Waals surface area contributed by atoms with Gasteiger partial charge in [-0.2, -0.15) is 0 Å². The van der Waals surface area contributed by atoms with Crippen LogP contribution in [0.3, 0.4) is 0 Å². The second-order valence-corrected chi connectivity index (χ2v) is 28.7. The predicted octanol–water partition coefficient (Wildman–Crippen LogP) is -11.3. The van der Waals surface area contributed by atoms with Crippen LogP contribution in [0.1, 0.15) is 78.1 Å². The van der Waals surface area contributed by atoms with Gasteiger partial charge in [-0.3, -0.25) is 4.79 Å². The predicted molar refractivity (Wildman–Crippen MR) is 319 cm³/mol. The van der Waals surface area contributed by atoms with E-state index in [1.54, 1.807) is 6.92 Å². The first-order valence-corrected chi connectivity index (χ1v) is 34.0. The topological polar surface area (TPSA) is 612 Å². The van der Waals surface area contributed by atoms with Gasteiger partial charge in [0.2, 0.25) is 6.29 Å². The molecule has 40 atom stereocenters. The van der Waals surface area contributed by atoms with Gasteiger partial charge in [-0.25, -0.2) is 0 Å². The van der Waals surface area contributed by atoms with E-state index in [0.29, 0.717) is 50.5 Å². The van der Waals surface area contributed by atoms with Crippen LogP contribution in [0.2, 0.25) is 0 Å². The number of carbonyl (C=O) groups is 1. The van der Waals surface area contributed by atoms with Gasteiger partial charge in [-0.05, 0) is 74.7 Å². The number of esters is 1. The number of hydrogen-bond acceptors (Lipinski definition) is 38. The van der Waals surface area contributed by atoms with Gasteiger partial charge >= 0.3 is 5.97 Å². The zero-order chi connectivity index (χ0) is 72.9. The molecule has 0 unspecified atom stereocenters. The maximum absolute atomic E-state index is 15.3. The number of rotatable bonds is 21. The lowest BCUT2D eigenvalue weighted by atomic mass is 9.58. The molecule has 7 aliphatic heterocycles. The molecule has 7 heterocycles. The van der Waals surface area contributed by atoms with Gasteiger partial charge in [0.25, 0.3) is 0 Å². The van der Waals surface area contributed by atoms with E-state index in [1.165, 1.54) is 0 Å². The summed E-state index contributed by atoms with van der Waals surface area (Å²) in [5.74, 6) is -1.02. The highest BCUT2D eigenvalue weighted by Gasteiger charge is 2.64. The van der Waals surface area contributed by atoms with Crippen molar-refractivity contribution in [3.05, 3.63) is 12.2 Å². The summed E-state index contributed by atoms with van der Waals surface area (Å²) in [6, 6.07) is 0. The van der Waals surface area contributed by atoms with Crippen LogP contribution in [0.4, 0.5) is 0 Å². The molecule has 38 nitrogen and oxygen atoms in total. The number of fused-ring (bicyclic) bond motifs is 1. The minimum Gasteiger partial charge on any atom is -0.432 e. The maximum atomic E-state index is 15.3. The third-order valence-electron chi connectivity index (χ3n) is 22.3. The standard InChI is InChI=1S/C62H102O38/c1-21-6-4-8-60(3,59(86)99-57-50(48(36(75)29(18-68)92-57)95-53-43(82)39(78)32(71)25(14-64)88-53)97-56-46(85)47(35(74)28(17-67)91-56)94-52-42(81)38(77)31(70)24(13-63)87-52)9-5-10-61-12-22(2)62(20-61,11-7-23(21)61)100-58-51(98-55-45(84)41(80)34(73)27(16-66)90-55)49(37(76)30(19-69)93-58)96-54-44(83)40(79)33(72)26(15-65)89-54/h21,23-58,63-85H,2,4-20H2,1,3H3/t21-,23+,24-,25-,26-,27-,28-,29-,30-,31-,32-,33-,34-,35-,36-,37-,38+,39+,40+,41+,42-,43-,44-,45-,46-,47+,48+,49+,50-,51-,52+,53+,54+,55+,56+,57+,58+,60-,61-,62+/m1/s1. The van der Waals surface area contributed by atoms with Crippen LogP contribution in [0.5, 0.6) is 0 Å². The van der Waals surface area contributed by atoms with Crippen molar-refractivity contribution in [3.8, 4) is 0 Å². The van der Waals surface area contributed by atoms with Crippen molar-refractivity contribution in [2.24, 2.45) is 22.7 Å². The van der Waals surface area contributed by atoms with Crippen molar-refractivity contribution < 1.29 is 189 Å². The van der Waals surface area contributed by atoms with Crippen LogP contribution in [0.25, 0.3) is 0 Å². The quantitative estimate of drug-likeness (QED) is 0.0375. The maximum Gasteiger partial charge on any atom is 0.314 e. The van der Waals surface area contributed by atoms with Gasteiger partial charge < -0.3 is 184 Å². The third-order valence-corrected chi connectivity index (χ3v) is 22.3. The molecule has 23 N–H and O–H groups in total. The largest absolute Gasteiger partial charge is 0.432 e. The van der Waals surface area contributed by atoms with E-state index in [9.17, 15) is 117 Å². The van der Waals surface area contributed by atoms with Gasteiger partial charge in [0.05, 0.1) is 57.3 Å². The van der Waals surface area contributed by atoms with Gasteiger partial charge in [-0.1, -0.05) is 32.8 Å². The van der Waals surface area contributed by atoms with Gasteiger partial charge in [0.1, 0.15) is 165 Å². The Labute approximate surface area is 572 Å². The molecule has 0 aromatic rings. The minimum absolute atomic E-state index is 0.00961.